The first-order chi connectivity index (χ1) is 9.02. The highest BCUT2D eigenvalue weighted by Gasteiger charge is 2.11. The molecule has 104 valence electrons. The maximum Gasteiger partial charge on any atom is 0.233 e. The number of anilines is 1. The van der Waals surface area contributed by atoms with Crippen LogP contribution in [0.4, 0.5) is 10.1 Å². The molecule has 0 aliphatic carbocycles. The van der Waals surface area contributed by atoms with Gasteiger partial charge in [0.15, 0.2) is 0 Å². The maximum absolute atomic E-state index is 12.7. The van der Waals surface area contributed by atoms with E-state index < -0.39 is 0 Å². The molecule has 0 radical (unpaired) electrons. The molecule has 0 saturated carbocycles. The second-order valence-electron chi connectivity index (χ2n) is 3.97. The van der Waals surface area contributed by atoms with Gasteiger partial charge in [0.1, 0.15) is 5.82 Å². The fourth-order valence-corrected chi connectivity index (χ4v) is 1.51. The molecule has 6 heteroatoms. The van der Waals surface area contributed by atoms with E-state index >= 15 is 0 Å². The van der Waals surface area contributed by atoms with Crippen LogP contribution < -0.4 is 10.6 Å². The largest absolute Gasteiger partial charge is 0.355 e. The van der Waals surface area contributed by atoms with Crippen molar-refractivity contribution in [3.05, 3.63) is 30.1 Å². The third-order valence-electron chi connectivity index (χ3n) is 2.42. The zero-order valence-electron chi connectivity index (χ0n) is 10.6. The summed E-state index contributed by atoms with van der Waals surface area (Å²) >= 11 is 3.22. The van der Waals surface area contributed by atoms with Crippen molar-refractivity contribution in [3.63, 3.8) is 0 Å². The molecule has 19 heavy (non-hydrogen) atoms. The molecule has 2 N–H and O–H groups in total. The standard InChI is InChI=1S/C13H16BrFN2O2/c1-2-11(14)13(19)16-8-7-12(18)17-10-5-3-9(15)4-6-10/h3-6,11H,2,7-8H2,1H3,(H,16,19)(H,17,18)/t11-/m0/s1. The molecule has 0 spiro atoms. The average Bonchev–Trinajstić information content (AvgIpc) is 2.40. The van der Waals surface area contributed by atoms with Gasteiger partial charge < -0.3 is 10.6 Å². The molecule has 0 aliphatic rings. The topological polar surface area (TPSA) is 58.2 Å². The summed E-state index contributed by atoms with van der Waals surface area (Å²) in [7, 11) is 0. The summed E-state index contributed by atoms with van der Waals surface area (Å²) in [6.07, 6.45) is 0.861. The number of hydrogen-bond acceptors (Lipinski definition) is 2. The third-order valence-corrected chi connectivity index (χ3v) is 3.49. The smallest absolute Gasteiger partial charge is 0.233 e. The van der Waals surface area contributed by atoms with Crippen molar-refractivity contribution >= 4 is 33.4 Å². The minimum absolute atomic E-state index is 0.128. The van der Waals surface area contributed by atoms with E-state index in [4.69, 9.17) is 0 Å². The Bertz CT molecular complexity index is 437. The van der Waals surface area contributed by atoms with Crippen molar-refractivity contribution in [3.8, 4) is 0 Å². The molecule has 1 aromatic rings. The van der Waals surface area contributed by atoms with Crippen LogP contribution in [0.25, 0.3) is 0 Å². The molecule has 0 heterocycles. The van der Waals surface area contributed by atoms with Crippen LogP contribution in [-0.4, -0.2) is 23.2 Å². The number of amides is 2. The Morgan fingerprint density at radius 2 is 1.95 bits per heavy atom. The van der Waals surface area contributed by atoms with Gasteiger partial charge in [0.25, 0.3) is 0 Å². The highest BCUT2D eigenvalue weighted by Crippen LogP contribution is 2.08. The Morgan fingerprint density at radius 3 is 2.53 bits per heavy atom. The van der Waals surface area contributed by atoms with Crippen molar-refractivity contribution in [1.29, 1.82) is 0 Å². The Balaban J connectivity index is 2.28. The van der Waals surface area contributed by atoms with Crippen LogP contribution in [0.5, 0.6) is 0 Å². The van der Waals surface area contributed by atoms with E-state index in [1.165, 1.54) is 24.3 Å². The van der Waals surface area contributed by atoms with Crippen LogP contribution in [0.1, 0.15) is 19.8 Å². The third kappa shape index (κ3) is 5.83. The number of alkyl halides is 1. The Labute approximate surface area is 119 Å². The van der Waals surface area contributed by atoms with Crippen molar-refractivity contribution in [1.82, 2.24) is 5.32 Å². The summed E-state index contributed by atoms with van der Waals surface area (Å²) in [6.45, 7) is 2.16. The molecular formula is C13H16BrFN2O2. The first-order valence-corrected chi connectivity index (χ1v) is 6.91. The van der Waals surface area contributed by atoms with E-state index in [9.17, 15) is 14.0 Å². The van der Waals surface area contributed by atoms with E-state index in [0.717, 1.165) is 0 Å². The fourth-order valence-electron chi connectivity index (χ4n) is 1.35. The van der Waals surface area contributed by atoms with Crippen molar-refractivity contribution in [2.24, 2.45) is 0 Å². The number of benzene rings is 1. The van der Waals surface area contributed by atoms with E-state index in [1.54, 1.807) is 0 Å². The number of carbonyl (C=O) groups excluding carboxylic acids is 2. The normalized spacial score (nSPS) is 11.7. The Kier molecular flexibility index (Phi) is 6.49. The molecule has 0 bridgehead atoms. The van der Waals surface area contributed by atoms with Crippen LogP contribution in [0.3, 0.4) is 0 Å². The molecule has 0 unspecified atom stereocenters. The number of hydrogen-bond donors (Lipinski definition) is 2. The van der Waals surface area contributed by atoms with Gasteiger partial charge in [-0.25, -0.2) is 4.39 Å². The number of nitrogens with one attached hydrogen (secondary N) is 2. The minimum Gasteiger partial charge on any atom is -0.355 e. The monoisotopic (exact) mass is 330 g/mol. The van der Waals surface area contributed by atoms with Gasteiger partial charge in [-0.15, -0.1) is 0 Å². The van der Waals surface area contributed by atoms with Gasteiger partial charge >= 0.3 is 0 Å². The molecule has 0 aromatic heterocycles. The molecule has 1 aromatic carbocycles. The molecule has 0 saturated heterocycles. The Hall–Kier alpha value is -1.43. The zero-order valence-corrected chi connectivity index (χ0v) is 12.2. The number of carbonyl (C=O) groups is 2. The van der Waals surface area contributed by atoms with E-state index in [-0.39, 0.29) is 35.4 Å². The highest BCUT2D eigenvalue weighted by molar-refractivity contribution is 9.10. The lowest BCUT2D eigenvalue weighted by atomic mass is 10.3. The van der Waals surface area contributed by atoms with Gasteiger partial charge in [-0.05, 0) is 30.7 Å². The summed E-state index contributed by atoms with van der Waals surface area (Å²) in [5.41, 5.74) is 0.532. The number of halogens is 2. The molecule has 4 nitrogen and oxygen atoms in total. The first kappa shape index (κ1) is 15.6. The van der Waals surface area contributed by atoms with Crippen LogP contribution in [0.2, 0.25) is 0 Å². The lowest BCUT2D eigenvalue weighted by Gasteiger charge is -2.09. The van der Waals surface area contributed by atoms with Gasteiger partial charge in [0.2, 0.25) is 11.8 Å². The van der Waals surface area contributed by atoms with Gasteiger partial charge in [-0.3, -0.25) is 9.59 Å². The first-order valence-electron chi connectivity index (χ1n) is 6.00. The quantitative estimate of drug-likeness (QED) is 0.787. The summed E-state index contributed by atoms with van der Waals surface area (Å²) in [5.74, 6) is -0.709. The van der Waals surface area contributed by atoms with Gasteiger partial charge in [0, 0.05) is 18.7 Å². The second kappa shape index (κ2) is 7.89. The Morgan fingerprint density at radius 1 is 1.32 bits per heavy atom. The van der Waals surface area contributed by atoms with Crippen molar-refractivity contribution < 1.29 is 14.0 Å². The van der Waals surface area contributed by atoms with E-state index in [1.807, 2.05) is 6.92 Å². The van der Waals surface area contributed by atoms with Crippen molar-refractivity contribution in [2.75, 3.05) is 11.9 Å². The predicted molar refractivity (Wildman–Crippen MR) is 75.7 cm³/mol. The van der Waals surface area contributed by atoms with Gasteiger partial charge in [-0.1, -0.05) is 22.9 Å². The molecule has 2 amide bonds. The van der Waals surface area contributed by atoms with Gasteiger partial charge in [0.05, 0.1) is 4.83 Å². The number of rotatable bonds is 6. The molecule has 1 rings (SSSR count). The SMILES string of the molecule is CC[C@H](Br)C(=O)NCCC(=O)Nc1ccc(F)cc1. The maximum atomic E-state index is 12.7. The van der Waals surface area contributed by atoms with Crippen LogP contribution in [-0.2, 0) is 9.59 Å². The lowest BCUT2D eigenvalue weighted by molar-refractivity contribution is -0.120. The lowest BCUT2D eigenvalue weighted by Crippen LogP contribution is -2.33. The summed E-state index contributed by atoms with van der Waals surface area (Å²) in [4.78, 5) is 22.7. The molecule has 0 aliphatic heterocycles. The van der Waals surface area contributed by atoms with E-state index in [0.29, 0.717) is 12.1 Å². The summed E-state index contributed by atoms with van der Waals surface area (Å²) in [6, 6.07) is 5.51. The van der Waals surface area contributed by atoms with Crippen LogP contribution in [0.15, 0.2) is 24.3 Å². The zero-order chi connectivity index (χ0) is 14.3. The fraction of sp³-hybridized carbons (Fsp3) is 0.385. The van der Waals surface area contributed by atoms with Crippen LogP contribution in [0, 0.1) is 5.82 Å². The minimum atomic E-state index is -0.354. The molecule has 1 atom stereocenters. The second-order valence-corrected chi connectivity index (χ2v) is 5.08. The predicted octanol–water partition coefficient (Wildman–Crippen LogP) is 2.44. The molecular weight excluding hydrogens is 315 g/mol. The van der Waals surface area contributed by atoms with Gasteiger partial charge in [-0.2, -0.15) is 0 Å². The van der Waals surface area contributed by atoms with E-state index in [2.05, 4.69) is 26.6 Å². The van der Waals surface area contributed by atoms with Crippen molar-refractivity contribution in [2.45, 2.75) is 24.6 Å². The van der Waals surface area contributed by atoms with Crippen LogP contribution >= 0.6 is 15.9 Å². The molecule has 0 fully saturated rings. The average molecular weight is 331 g/mol. The highest BCUT2D eigenvalue weighted by atomic mass is 79.9. The summed E-state index contributed by atoms with van der Waals surface area (Å²) < 4.78 is 12.7. The summed E-state index contributed by atoms with van der Waals surface area (Å²) in [5, 5.41) is 5.27.